The summed E-state index contributed by atoms with van der Waals surface area (Å²) in [4.78, 5) is 0. The molecule has 0 amide bonds. The van der Waals surface area contributed by atoms with Crippen LogP contribution in [0.5, 0.6) is 0 Å². The first kappa shape index (κ1) is 10.3. The summed E-state index contributed by atoms with van der Waals surface area (Å²) in [6.07, 6.45) is 1.98. The predicted molar refractivity (Wildman–Crippen MR) is 78.3 cm³/mol. The van der Waals surface area contributed by atoms with Crippen LogP contribution in [0.1, 0.15) is 0 Å². The number of pyridine rings is 2. The molecule has 90 valence electrons. The molecule has 0 unspecified atom stereocenters. The fourth-order valence-electron chi connectivity index (χ4n) is 2.77. The summed E-state index contributed by atoms with van der Waals surface area (Å²) >= 11 is 0. The first-order valence-electron chi connectivity index (χ1n) is 6.31. The van der Waals surface area contributed by atoms with Gasteiger partial charge in [-0.1, -0.05) is 42.5 Å². The van der Waals surface area contributed by atoms with Crippen molar-refractivity contribution in [2.45, 2.75) is 0 Å². The van der Waals surface area contributed by atoms with Crippen LogP contribution in [0.25, 0.3) is 27.2 Å². The van der Waals surface area contributed by atoms with E-state index in [0.717, 1.165) is 5.52 Å². The van der Waals surface area contributed by atoms with Crippen molar-refractivity contribution in [3.8, 4) is 0 Å². The van der Waals surface area contributed by atoms with Gasteiger partial charge in [0.25, 0.3) is 0 Å². The van der Waals surface area contributed by atoms with Gasteiger partial charge in [0.15, 0.2) is 0 Å². The Bertz CT molecular complexity index is 945. The van der Waals surface area contributed by atoms with Crippen LogP contribution in [0, 0.1) is 5.41 Å². The highest BCUT2D eigenvalue weighted by atomic mass is 14.9. The quantitative estimate of drug-likeness (QED) is 0.457. The molecule has 0 spiro atoms. The molecule has 0 radical (unpaired) electrons. The Morgan fingerprint density at radius 2 is 1.32 bits per heavy atom. The lowest BCUT2D eigenvalue weighted by Gasteiger charge is -2.11. The Labute approximate surface area is 110 Å². The third-order valence-electron chi connectivity index (χ3n) is 3.61. The van der Waals surface area contributed by atoms with Gasteiger partial charge in [0.1, 0.15) is 0 Å². The molecule has 0 fully saturated rings. The maximum Gasteiger partial charge on any atom is 0.0575 e. The van der Waals surface area contributed by atoms with Crippen LogP contribution in [-0.2, 0) is 0 Å². The van der Waals surface area contributed by atoms with Gasteiger partial charge in [-0.05, 0) is 23.6 Å². The van der Waals surface area contributed by atoms with E-state index in [-0.39, 0.29) is 0 Å². The standard InChI is InChI=1S/C17H12N2/c18-12-9-10-19-16-8-4-3-6-14(16)13-5-1-2-7-15(13)17(19)11-12/h1-11,18H. The molecule has 0 saturated heterocycles. The van der Waals surface area contributed by atoms with E-state index in [2.05, 4.69) is 46.9 Å². The molecule has 2 nitrogen and oxygen atoms in total. The third kappa shape index (κ3) is 1.40. The van der Waals surface area contributed by atoms with Crippen molar-refractivity contribution in [2.24, 2.45) is 0 Å². The fourth-order valence-corrected chi connectivity index (χ4v) is 2.77. The maximum absolute atomic E-state index is 7.85. The summed E-state index contributed by atoms with van der Waals surface area (Å²) in [6, 6.07) is 20.5. The van der Waals surface area contributed by atoms with Crippen molar-refractivity contribution in [3.05, 3.63) is 72.2 Å². The second-order valence-electron chi connectivity index (χ2n) is 4.73. The fraction of sp³-hybridized carbons (Fsp3) is 0. The zero-order valence-electron chi connectivity index (χ0n) is 10.3. The molecule has 2 aromatic heterocycles. The minimum Gasteiger partial charge on any atom is -0.316 e. The number of hydrogen-bond donors (Lipinski definition) is 1. The molecule has 0 bridgehead atoms. The van der Waals surface area contributed by atoms with Crippen LogP contribution in [0.3, 0.4) is 0 Å². The molecule has 2 heteroatoms. The number of nitrogens with zero attached hydrogens (tertiary/aromatic N) is 1. The monoisotopic (exact) mass is 244 g/mol. The van der Waals surface area contributed by atoms with Gasteiger partial charge >= 0.3 is 0 Å². The average Bonchev–Trinajstić information content (AvgIpc) is 2.47. The first-order valence-corrected chi connectivity index (χ1v) is 6.31. The van der Waals surface area contributed by atoms with E-state index < -0.39 is 0 Å². The molecule has 4 rings (SSSR count). The Kier molecular flexibility index (Phi) is 2.00. The molecule has 0 aliphatic carbocycles. The number of para-hydroxylation sites is 1. The number of nitrogens with one attached hydrogen (secondary N) is 1. The third-order valence-corrected chi connectivity index (χ3v) is 3.61. The summed E-state index contributed by atoms with van der Waals surface area (Å²) in [5.74, 6) is 0. The van der Waals surface area contributed by atoms with Crippen LogP contribution in [0.4, 0.5) is 0 Å². The van der Waals surface area contributed by atoms with E-state index in [1.165, 1.54) is 21.7 Å². The van der Waals surface area contributed by atoms with Gasteiger partial charge in [0, 0.05) is 17.0 Å². The smallest absolute Gasteiger partial charge is 0.0575 e. The number of hydrogen-bond acceptors (Lipinski definition) is 1. The van der Waals surface area contributed by atoms with Crippen LogP contribution >= 0.6 is 0 Å². The van der Waals surface area contributed by atoms with Crippen LogP contribution < -0.4 is 5.36 Å². The molecule has 2 heterocycles. The normalized spacial score (nSPS) is 11.4. The van der Waals surface area contributed by atoms with Crippen LogP contribution in [-0.4, -0.2) is 4.40 Å². The molecule has 1 N–H and O–H groups in total. The average molecular weight is 244 g/mol. The van der Waals surface area contributed by atoms with Crippen molar-refractivity contribution in [1.82, 2.24) is 4.40 Å². The molecule has 19 heavy (non-hydrogen) atoms. The summed E-state index contributed by atoms with van der Waals surface area (Å²) in [6.45, 7) is 0. The minimum absolute atomic E-state index is 0.542. The van der Waals surface area contributed by atoms with Crippen LogP contribution in [0.15, 0.2) is 66.9 Å². The van der Waals surface area contributed by atoms with Gasteiger partial charge in [-0.2, -0.15) is 0 Å². The van der Waals surface area contributed by atoms with Crippen molar-refractivity contribution >= 4 is 27.2 Å². The predicted octanol–water partition coefficient (Wildman–Crippen LogP) is 3.73. The van der Waals surface area contributed by atoms with Gasteiger partial charge in [-0.15, -0.1) is 0 Å². The lowest BCUT2D eigenvalue weighted by molar-refractivity contribution is 1.18. The molecule has 0 atom stereocenters. The summed E-state index contributed by atoms with van der Waals surface area (Å²) in [7, 11) is 0. The zero-order chi connectivity index (χ0) is 12.8. The molecular weight excluding hydrogens is 232 g/mol. The van der Waals surface area contributed by atoms with E-state index in [1.807, 2.05) is 24.4 Å². The molecule has 4 aromatic rings. The highest BCUT2D eigenvalue weighted by molar-refractivity contribution is 6.12. The summed E-state index contributed by atoms with van der Waals surface area (Å²) in [5.41, 5.74) is 2.26. The van der Waals surface area contributed by atoms with E-state index >= 15 is 0 Å². The lowest BCUT2D eigenvalue weighted by atomic mass is 10.0. The van der Waals surface area contributed by atoms with Gasteiger partial charge in [0.05, 0.1) is 16.4 Å². The topological polar surface area (TPSA) is 28.3 Å². The van der Waals surface area contributed by atoms with Gasteiger partial charge < -0.3 is 9.81 Å². The molecule has 2 aromatic carbocycles. The minimum atomic E-state index is 0.542. The second kappa shape index (κ2) is 3.69. The zero-order valence-corrected chi connectivity index (χ0v) is 10.3. The lowest BCUT2D eigenvalue weighted by Crippen LogP contribution is -2.02. The van der Waals surface area contributed by atoms with Crippen LogP contribution in [0.2, 0.25) is 0 Å². The van der Waals surface area contributed by atoms with E-state index in [0.29, 0.717) is 5.36 Å². The van der Waals surface area contributed by atoms with E-state index in [4.69, 9.17) is 5.41 Å². The van der Waals surface area contributed by atoms with E-state index in [1.54, 1.807) is 0 Å². The number of aromatic nitrogens is 1. The molecule has 0 saturated carbocycles. The van der Waals surface area contributed by atoms with E-state index in [9.17, 15) is 0 Å². The van der Waals surface area contributed by atoms with Gasteiger partial charge in [-0.3, -0.25) is 0 Å². The Balaban J connectivity index is 2.47. The molecular formula is C17H12N2. The Morgan fingerprint density at radius 3 is 2.11 bits per heavy atom. The Hall–Kier alpha value is -2.61. The number of fused-ring (bicyclic) bond motifs is 6. The Morgan fingerprint density at radius 1 is 0.684 bits per heavy atom. The summed E-state index contributed by atoms with van der Waals surface area (Å²) < 4.78 is 2.16. The highest BCUT2D eigenvalue weighted by Gasteiger charge is 2.06. The molecule has 0 aliphatic rings. The van der Waals surface area contributed by atoms with Crippen molar-refractivity contribution < 1.29 is 0 Å². The SMILES string of the molecule is N=c1ccn2c3ccccc3c3ccccc3c2c1. The number of benzene rings is 2. The van der Waals surface area contributed by atoms with Crippen molar-refractivity contribution in [1.29, 1.82) is 5.41 Å². The van der Waals surface area contributed by atoms with Crippen molar-refractivity contribution in [3.63, 3.8) is 0 Å². The largest absolute Gasteiger partial charge is 0.316 e. The first-order chi connectivity index (χ1) is 9.34. The maximum atomic E-state index is 7.85. The van der Waals surface area contributed by atoms with Gasteiger partial charge in [-0.25, -0.2) is 0 Å². The van der Waals surface area contributed by atoms with Crippen molar-refractivity contribution in [2.75, 3.05) is 0 Å². The second-order valence-corrected chi connectivity index (χ2v) is 4.73. The van der Waals surface area contributed by atoms with Gasteiger partial charge in [0.2, 0.25) is 0 Å². The molecule has 0 aliphatic heterocycles. The highest BCUT2D eigenvalue weighted by Crippen LogP contribution is 2.28. The number of rotatable bonds is 0. The summed E-state index contributed by atoms with van der Waals surface area (Å²) in [5, 5.41) is 12.1.